The molecule has 278 valence electrons. The van der Waals surface area contributed by atoms with Crippen molar-refractivity contribution in [2.45, 2.75) is 82.6 Å². The fourth-order valence-corrected chi connectivity index (χ4v) is 7.95. The summed E-state index contributed by atoms with van der Waals surface area (Å²) >= 11 is 0. The molecule has 0 saturated carbocycles. The smallest absolute Gasteiger partial charge is 0.407 e. The molecule has 3 aliphatic heterocycles. The zero-order valence-electron chi connectivity index (χ0n) is 30.4. The lowest BCUT2D eigenvalue weighted by Gasteiger charge is -2.37. The summed E-state index contributed by atoms with van der Waals surface area (Å²) in [6.45, 7) is 4.40. The van der Waals surface area contributed by atoms with Crippen LogP contribution in [0.3, 0.4) is 0 Å². The summed E-state index contributed by atoms with van der Waals surface area (Å²) in [4.78, 5) is 70.5. The van der Waals surface area contributed by atoms with Crippen molar-refractivity contribution in [3.8, 4) is 33.6 Å². The van der Waals surface area contributed by atoms with Gasteiger partial charge in [-0.25, -0.2) is 19.6 Å². The number of rotatable bonds is 9. The lowest BCUT2D eigenvalue weighted by molar-refractivity contribution is -0.139. The number of carbonyl (C=O) groups is 4. The van der Waals surface area contributed by atoms with E-state index < -0.39 is 24.3 Å². The summed E-state index contributed by atoms with van der Waals surface area (Å²) < 4.78 is 9.47. The van der Waals surface area contributed by atoms with E-state index in [0.29, 0.717) is 13.0 Å². The van der Waals surface area contributed by atoms with Gasteiger partial charge in [0.05, 0.1) is 50.1 Å². The van der Waals surface area contributed by atoms with Crippen molar-refractivity contribution in [3.63, 3.8) is 0 Å². The van der Waals surface area contributed by atoms with Crippen LogP contribution in [0.1, 0.15) is 76.1 Å². The molecule has 3 saturated heterocycles. The Kier molecular flexibility index (Phi) is 10.2. The van der Waals surface area contributed by atoms with Crippen LogP contribution in [0.15, 0.2) is 60.9 Å². The summed E-state index contributed by atoms with van der Waals surface area (Å²) in [7, 11) is 2.59. The molecular weight excluding hydrogens is 676 g/mol. The number of hydrogen-bond donors (Lipinski definition) is 4. The number of nitrogens with zero attached hydrogens (tertiary/aromatic N) is 4. The van der Waals surface area contributed by atoms with Gasteiger partial charge in [0.25, 0.3) is 0 Å². The van der Waals surface area contributed by atoms with E-state index in [1.165, 1.54) is 14.2 Å². The Morgan fingerprint density at radius 3 is 1.87 bits per heavy atom. The molecule has 3 fully saturated rings. The highest BCUT2D eigenvalue weighted by Crippen LogP contribution is 2.41. The van der Waals surface area contributed by atoms with Crippen LogP contribution >= 0.6 is 0 Å². The first-order chi connectivity index (χ1) is 25.6. The highest BCUT2D eigenvalue weighted by molar-refractivity contribution is 5.87. The number of alkyl carbamates (subject to hydrolysis) is 2. The standard InChI is InChI=1S/C39H46N8O6/c1-22(2)33(45-39(51)53-4)37(49)46-19-5-6-31(46)34-40-20-29(42-34)25-11-7-23(8-12-25)24-9-13-26(14-10-24)30-21-41-35(43-30)32-18-16-27-15-17-28(36(48)47(27)32)44-38(50)52-3/h7-14,20-22,27-28,31-33H,5-6,15-19H2,1-4H3,(H,40,42)(H,41,43)(H,44,50)(H,45,51)/t27-,28-,31-,32-,33?/m0/s1. The van der Waals surface area contributed by atoms with Gasteiger partial charge in [0, 0.05) is 12.6 Å². The lowest BCUT2D eigenvalue weighted by Crippen LogP contribution is -2.54. The third-order valence-electron chi connectivity index (χ3n) is 10.8. The first kappa shape index (κ1) is 35.7. The highest BCUT2D eigenvalue weighted by Gasteiger charge is 2.45. The van der Waals surface area contributed by atoms with E-state index >= 15 is 0 Å². The van der Waals surface area contributed by atoms with Gasteiger partial charge in [-0.05, 0) is 66.7 Å². The molecule has 0 radical (unpaired) electrons. The summed E-state index contributed by atoms with van der Waals surface area (Å²) in [5, 5.41) is 5.37. The number of imidazole rings is 2. The third-order valence-corrected chi connectivity index (χ3v) is 10.8. The van der Waals surface area contributed by atoms with E-state index in [9.17, 15) is 19.2 Å². The first-order valence-electron chi connectivity index (χ1n) is 18.3. The largest absolute Gasteiger partial charge is 0.453 e. The number of piperidine rings is 1. The molecule has 53 heavy (non-hydrogen) atoms. The van der Waals surface area contributed by atoms with E-state index in [-0.39, 0.29) is 35.9 Å². The average molecular weight is 723 g/mol. The predicted octanol–water partition coefficient (Wildman–Crippen LogP) is 5.73. The van der Waals surface area contributed by atoms with E-state index in [1.807, 2.05) is 24.9 Å². The summed E-state index contributed by atoms with van der Waals surface area (Å²) in [5.41, 5.74) is 5.82. The molecule has 4 N–H and O–H groups in total. The molecule has 5 heterocycles. The van der Waals surface area contributed by atoms with Gasteiger partial charge in [0.15, 0.2) is 0 Å². The van der Waals surface area contributed by atoms with Gasteiger partial charge in [0.1, 0.15) is 23.7 Å². The second-order valence-electron chi connectivity index (χ2n) is 14.3. The Hall–Kier alpha value is -5.66. The quantitative estimate of drug-likeness (QED) is 0.170. The zero-order valence-corrected chi connectivity index (χ0v) is 30.4. The van der Waals surface area contributed by atoms with Crippen LogP contribution in [-0.2, 0) is 19.1 Å². The summed E-state index contributed by atoms with van der Waals surface area (Å²) in [5.74, 6) is 1.14. The predicted molar refractivity (Wildman–Crippen MR) is 196 cm³/mol. The fraction of sp³-hybridized carbons (Fsp3) is 0.436. The minimum Gasteiger partial charge on any atom is -0.453 e. The maximum absolute atomic E-state index is 13.5. The number of aromatic amines is 2. The molecule has 4 aromatic rings. The summed E-state index contributed by atoms with van der Waals surface area (Å²) in [6.07, 6.45) is 7.18. The third kappa shape index (κ3) is 7.22. The van der Waals surface area contributed by atoms with Crippen LogP contribution < -0.4 is 10.6 Å². The van der Waals surface area contributed by atoms with Crippen LogP contribution in [0.4, 0.5) is 9.59 Å². The van der Waals surface area contributed by atoms with Crippen molar-refractivity contribution in [2.75, 3.05) is 20.8 Å². The van der Waals surface area contributed by atoms with E-state index in [2.05, 4.69) is 79.1 Å². The number of H-pyrrole nitrogens is 2. The number of amides is 4. The van der Waals surface area contributed by atoms with Crippen molar-refractivity contribution in [1.82, 2.24) is 40.4 Å². The van der Waals surface area contributed by atoms with Gasteiger partial charge in [-0.3, -0.25) is 9.59 Å². The van der Waals surface area contributed by atoms with Crippen molar-refractivity contribution in [2.24, 2.45) is 5.92 Å². The van der Waals surface area contributed by atoms with E-state index in [0.717, 1.165) is 77.4 Å². The molecule has 4 amide bonds. The number of ether oxygens (including phenoxy) is 2. The Morgan fingerprint density at radius 1 is 0.755 bits per heavy atom. The number of fused-ring (bicyclic) bond motifs is 1. The first-order valence-corrected chi connectivity index (χ1v) is 18.3. The number of carbonyl (C=O) groups excluding carboxylic acids is 4. The molecule has 3 aliphatic rings. The van der Waals surface area contributed by atoms with Crippen LogP contribution in [0, 0.1) is 5.92 Å². The van der Waals surface area contributed by atoms with Gasteiger partial charge in [-0.1, -0.05) is 62.4 Å². The SMILES string of the molecule is COC(=O)NC(C(=O)N1CCC[C@H]1c1ncc(-c2ccc(-c3ccc(-c4cnc([C@@H]5CC[C@@H]6CC[C@H](NC(=O)OC)C(=O)N65)[nH]4)cc3)cc2)[nH]1)C(C)C. The topological polar surface area (TPSA) is 175 Å². The minimum atomic E-state index is -0.685. The summed E-state index contributed by atoms with van der Waals surface area (Å²) in [6, 6.07) is 15.0. The van der Waals surface area contributed by atoms with E-state index in [1.54, 1.807) is 11.1 Å². The maximum atomic E-state index is 13.5. The minimum absolute atomic E-state index is 0.0889. The number of methoxy groups -OCH3 is 2. The molecule has 1 unspecified atom stereocenters. The van der Waals surface area contributed by atoms with Gasteiger partial charge in [-0.2, -0.15) is 0 Å². The molecule has 5 atom stereocenters. The maximum Gasteiger partial charge on any atom is 0.407 e. The normalized spacial score (nSPS) is 21.7. The zero-order chi connectivity index (χ0) is 37.2. The van der Waals surface area contributed by atoms with Gasteiger partial charge < -0.3 is 39.9 Å². The van der Waals surface area contributed by atoms with Gasteiger partial charge >= 0.3 is 12.2 Å². The number of hydrogen-bond acceptors (Lipinski definition) is 8. The molecule has 2 aromatic carbocycles. The number of benzene rings is 2. The van der Waals surface area contributed by atoms with E-state index in [4.69, 9.17) is 9.47 Å². The fourth-order valence-electron chi connectivity index (χ4n) is 7.95. The molecule has 14 nitrogen and oxygen atoms in total. The number of aromatic nitrogens is 4. The number of nitrogens with one attached hydrogen (secondary N) is 4. The lowest BCUT2D eigenvalue weighted by atomic mass is 9.98. The monoisotopic (exact) mass is 722 g/mol. The Morgan fingerprint density at radius 2 is 1.30 bits per heavy atom. The van der Waals surface area contributed by atoms with Gasteiger partial charge in [0.2, 0.25) is 11.8 Å². The van der Waals surface area contributed by atoms with Crippen LogP contribution in [0.2, 0.25) is 0 Å². The molecule has 2 aromatic heterocycles. The molecule has 0 aliphatic carbocycles. The molecule has 14 heteroatoms. The van der Waals surface area contributed by atoms with Crippen molar-refractivity contribution in [1.29, 1.82) is 0 Å². The van der Waals surface area contributed by atoms with Crippen LogP contribution in [0.25, 0.3) is 33.6 Å². The van der Waals surface area contributed by atoms with Crippen molar-refractivity contribution >= 4 is 24.0 Å². The van der Waals surface area contributed by atoms with Crippen LogP contribution in [-0.4, -0.2) is 92.6 Å². The van der Waals surface area contributed by atoms with Gasteiger partial charge in [-0.15, -0.1) is 0 Å². The van der Waals surface area contributed by atoms with Crippen molar-refractivity contribution < 1.29 is 28.7 Å². The number of likely N-dealkylation sites (tertiary alicyclic amines) is 1. The molecule has 7 rings (SSSR count). The molecule has 0 bridgehead atoms. The van der Waals surface area contributed by atoms with Crippen LogP contribution in [0.5, 0.6) is 0 Å². The molecule has 0 spiro atoms. The van der Waals surface area contributed by atoms with Crippen molar-refractivity contribution in [3.05, 3.63) is 72.6 Å². The Balaban J connectivity index is 1.00. The molecular formula is C39H46N8O6. The average Bonchev–Trinajstić information content (AvgIpc) is 4.01. The second-order valence-corrected chi connectivity index (χ2v) is 14.3. The Labute approximate surface area is 308 Å². The highest BCUT2D eigenvalue weighted by atomic mass is 16.5. The Bertz CT molecular complexity index is 1950. The second kappa shape index (κ2) is 15.1.